The summed E-state index contributed by atoms with van der Waals surface area (Å²) in [6.45, 7) is 5.65. The smallest absolute Gasteiger partial charge is 0.408 e. The number of amides is 1. The van der Waals surface area contributed by atoms with E-state index in [1.54, 1.807) is 20.8 Å². The zero-order valence-corrected chi connectivity index (χ0v) is 9.31. The molecule has 4 heteroatoms. The summed E-state index contributed by atoms with van der Waals surface area (Å²) < 4.78 is 4.98. The molecular formula is C10H14ClNO2. The first-order valence-electron chi connectivity index (χ1n) is 4.16. The van der Waals surface area contributed by atoms with Crippen LogP contribution in [-0.2, 0) is 4.74 Å². The monoisotopic (exact) mass is 215 g/mol. The van der Waals surface area contributed by atoms with E-state index in [0.717, 1.165) is 0 Å². The van der Waals surface area contributed by atoms with Gasteiger partial charge in [0, 0.05) is 5.54 Å². The van der Waals surface area contributed by atoms with Gasteiger partial charge in [-0.25, -0.2) is 4.79 Å². The molecule has 78 valence electrons. The van der Waals surface area contributed by atoms with Crippen LogP contribution in [0, 0.1) is 11.8 Å². The molecule has 0 spiro atoms. The number of nitrogens with one attached hydrogen (secondary N) is 1. The standard InChI is InChI=1S/C10H14ClNO2/c1-10(2,3)14-9(13)12-8-6-4-5-7-11/h5,7H,8H2,1-3H3,(H,12,13). The highest BCUT2D eigenvalue weighted by Crippen LogP contribution is 2.05. The molecule has 1 amide bonds. The summed E-state index contributed by atoms with van der Waals surface area (Å²) in [5, 5.41) is 2.49. The number of halogens is 1. The Morgan fingerprint density at radius 3 is 2.71 bits per heavy atom. The second kappa shape index (κ2) is 6.33. The summed E-state index contributed by atoms with van der Waals surface area (Å²) in [5.41, 5.74) is 0.827. The minimum atomic E-state index is -0.479. The van der Waals surface area contributed by atoms with Crippen molar-refractivity contribution in [1.82, 2.24) is 5.32 Å². The topological polar surface area (TPSA) is 38.3 Å². The van der Waals surface area contributed by atoms with E-state index in [4.69, 9.17) is 16.3 Å². The largest absolute Gasteiger partial charge is 0.444 e. The molecule has 0 saturated carbocycles. The number of hydrogen-bond donors (Lipinski definition) is 1. The molecule has 0 atom stereocenters. The molecule has 1 N–H and O–H groups in total. The van der Waals surface area contributed by atoms with Crippen LogP contribution in [0.4, 0.5) is 4.79 Å². The highest BCUT2D eigenvalue weighted by molar-refractivity contribution is 6.25. The third-order valence-corrected chi connectivity index (χ3v) is 1.09. The van der Waals surface area contributed by atoms with Crippen molar-refractivity contribution in [3.05, 3.63) is 11.6 Å². The maximum atomic E-state index is 11.0. The first kappa shape index (κ1) is 12.9. The minimum absolute atomic E-state index is 0.246. The predicted octanol–water partition coefficient (Wildman–Crippen LogP) is 2.27. The first-order valence-corrected chi connectivity index (χ1v) is 4.60. The molecule has 0 aliphatic carbocycles. The van der Waals surface area contributed by atoms with Gasteiger partial charge in [-0.1, -0.05) is 23.4 Å². The van der Waals surface area contributed by atoms with E-state index >= 15 is 0 Å². The molecule has 0 aromatic rings. The maximum Gasteiger partial charge on any atom is 0.408 e. The van der Waals surface area contributed by atoms with Gasteiger partial charge in [0.25, 0.3) is 0 Å². The van der Waals surface area contributed by atoms with Gasteiger partial charge in [0.05, 0.1) is 6.54 Å². The Hall–Kier alpha value is -1.14. The Balaban J connectivity index is 3.72. The quantitative estimate of drug-likeness (QED) is 0.682. The van der Waals surface area contributed by atoms with E-state index in [0.29, 0.717) is 0 Å². The number of carbonyl (C=O) groups excluding carboxylic acids is 1. The van der Waals surface area contributed by atoms with Gasteiger partial charge in [0.1, 0.15) is 5.60 Å². The molecule has 3 nitrogen and oxygen atoms in total. The Bertz CT molecular complexity index is 268. The van der Waals surface area contributed by atoms with E-state index < -0.39 is 11.7 Å². The summed E-state index contributed by atoms with van der Waals surface area (Å²) >= 11 is 5.24. The van der Waals surface area contributed by atoms with Crippen molar-refractivity contribution in [2.75, 3.05) is 6.54 Å². The summed E-state index contributed by atoms with van der Waals surface area (Å²) in [5.74, 6) is 5.29. The lowest BCUT2D eigenvalue weighted by Crippen LogP contribution is -2.32. The third-order valence-electron chi connectivity index (χ3n) is 0.968. The molecule has 0 aromatic carbocycles. The maximum absolute atomic E-state index is 11.0. The van der Waals surface area contributed by atoms with E-state index in [1.165, 1.54) is 11.6 Å². The molecule has 0 heterocycles. The molecule has 0 fully saturated rings. The van der Waals surface area contributed by atoms with Crippen LogP contribution in [0.15, 0.2) is 11.6 Å². The fraction of sp³-hybridized carbons (Fsp3) is 0.500. The van der Waals surface area contributed by atoms with Gasteiger partial charge in [-0.3, -0.25) is 0 Å². The molecule has 0 saturated heterocycles. The third kappa shape index (κ3) is 8.95. The molecule has 14 heavy (non-hydrogen) atoms. The highest BCUT2D eigenvalue weighted by atomic mass is 35.5. The van der Waals surface area contributed by atoms with Crippen molar-refractivity contribution in [3.8, 4) is 11.8 Å². The molecule has 0 aliphatic rings. The normalized spacial score (nSPS) is 10.6. The van der Waals surface area contributed by atoms with Crippen LogP contribution < -0.4 is 5.32 Å². The van der Waals surface area contributed by atoms with Gasteiger partial charge < -0.3 is 10.1 Å². The van der Waals surface area contributed by atoms with Crippen molar-refractivity contribution in [2.45, 2.75) is 26.4 Å². The summed E-state index contributed by atoms with van der Waals surface area (Å²) in [7, 11) is 0. The molecule has 0 unspecified atom stereocenters. The summed E-state index contributed by atoms with van der Waals surface area (Å²) in [6, 6.07) is 0. The molecule has 0 bridgehead atoms. The average Bonchev–Trinajstić information content (AvgIpc) is 2.00. The van der Waals surface area contributed by atoms with E-state index in [9.17, 15) is 4.79 Å². The van der Waals surface area contributed by atoms with E-state index in [2.05, 4.69) is 17.2 Å². The van der Waals surface area contributed by atoms with Crippen LogP contribution in [0.5, 0.6) is 0 Å². The highest BCUT2D eigenvalue weighted by Gasteiger charge is 2.14. The SMILES string of the molecule is CC(C)(C)OC(=O)NCC#CC=CCl. The zero-order chi connectivity index (χ0) is 11.0. The van der Waals surface area contributed by atoms with E-state index in [1.807, 2.05) is 0 Å². The number of hydrogen-bond acceptors (Lipinski definition) is 2. The molecule has 0 aliphatic heterocycles. The van der Waals surface area contributed by atoms with Gasteiger partial charge in [-0.2, -0.15) is 0 Å². The van der Waals surface area contributed by atoms with Gasteiger partial charge in [0.2, 0.25) is 0 Å². The Morgan fingerprint density at radius 2 is 2.21 bits per heavy atom. The first-order chi connectivity index (χ1) is 6.45. The predicted molar refractivity (Wildman–Crippen MR) is 57.0 cm³/mol. The van der Waals surface area contributed by atoms with Gasteiger partial charge in [0.15, 0.2) is 0 Å². The minimum Gasteiger partial charge on any atom is -0.444 e. The lowest BCUT2D eigenvalue weighted by molar-refractivity contribution is 0.0535. The summed E-state index contributed by atoms with van der Waals surface area (Å²) in [4.78, 5) is 11.0. The molecular weight excluding hydrogens is 202 g/mol. The summed E-state index contributed by atoms with van der Waals surface area (Å²) in [6.07, 6.45) is 1.01. The number of carbonyl (C=O) groups is 1. The van der Waals surface area contributed by atoms with Crippen molar-refractivity contribution in [3.63, 3.8) is 0 Å². The van der Waals surface area contributed by atoms with Crippen molar-refractivity contribution in [2.24, 2.45) is 0 Å². The van der Waals surface area contributed by atoms with Gasteiger partial charge in [-0.05, 0) is 26.8 Å². The Kier molecular flexibility index (Phi) is 5.82. The van der Waals surface area contributed by atoms with Crippen LogP contribution in [0.2, 0.25) is 0 Å². The van der Waals surface area contributed by atoms with Crippen LogP contribution in [0.1, 0.15) is 20.8 Å². The lowest BCUT2D eigenvalue weighted by atomic mass is 10.2. The number of alkyl carbamates (subject to hydrolysis) is 1. The van der Waals surface area contributed by atoms with Crippen LogP contribution in [0.25, 0.3) is 0 Å². The molecule has 0 aromatic heterocycles. The second-order valence-electron chi connectivity index (χ2n) is 3.47. The van der Waals surface area contributed by atoms with Crippen LogP contribution in [0.3, 0.4) is 0 Å². The average molecular weight is 216 g/mol. The lowest BCUT2D eigenvalue weighted by Gasteiger charge is -2.18. The fourth-order valence-electron chi connectivity index (χ4n) is 0.572. The Morgan fingerprint density at radius 1 is 1.57 bits per heavy atom. The van der Waals surface area contributed by atoms with Crippen LogP contribution in [-0.4, -0.2) is 18.2 Å². The van der Waals surface area contributed by atoms with Crippen molar-refractivity contribution >= 4 is 17.7 Å². The van der Waals surface area contributed by atoms with Crippen molar-refractivity contribution < 1.29 is 9.53 Å². The second-order valence-corrected chi connectivity index (χ2v) is 3.72. The number of allylic oxidation sites excluding steroid dienone is 1. The van der Waals surface area contributed by atoms with Gasteiger partial charge >= 0.3 is 6.09 Å². The Labute approximate surface area is 89.5 Å². The van der Waals surface area contributed by atoms with Gasteiger partial charge in [-0.15, -0.1) is 0 Å². The molecule has 0 rings (SSSR count). The molecule has 0 radical (unpaired) electrons. The fourth-order valence-corrected chi connectivity index (χ4v) is 0.635. The zero-order valence-electron chi connectivity index (χ0n) is 8.56. The van der Waals surface area contributed by atoms with Crippen LogP contribution >= 0.6 is 11.6 Å². The van der Waals surface area contributed by atoms with Crippen molar-refractivity contribution in [1.29, 1.82) is 0 Å². The number of rotatable bonds is 1. The van der Waals surface area contributed by atoms with E-state index in [-0.39, 0.29) is 6.54 Å². The number of ether oxygens (including phenoxy) is 1.